The number of nitriles is 1. The zero-order valence-corrected chi connectivity index (χ0v) is 10.0. The van der Waals surface area contributed by atoms with E-state index < -0.39 is 0 Å². The molecule has 1 aliphatic carbocycles. The quantitative estimate of drug-likeness (QED) is 0.822. The van der Waals surface area contributed by atoms with Crippen molar-refractivity contribution in [3.63, 3.8) is 0 Å². The second kappa shape index (κ2) is 5.15. The van der Waals surface area contributed by atoms with Crippen molar-refractivity contribution >= 4 is 17.5 Å². The van der Waals surface area contributed by atoms with Gasteiger partial charge in [0.2, 0.25) is 0 Å². The minimum Gasteiger partial charge on any atom is -0.335 e. The first-order chi connectivity index (χ1) is 8.24. The van der Waals surface area contributed by atoms with Crippen molar-refractivity contribution in [2.45, 2.75) is 25.3 Å². The lowest BCUT2D eigenvalue weighted by Gasteiger charge is -2.21. The van der Waals surface area contributed by atoms with Crippen LogP contribution in [0.5, 0.6) is 0 Å². The topological polar surface area (TPSA) is 57.0 Å². The number of aromatic nitrogens is 1. The Balaban J connectivity index is 2.16. The molecule has 0 unspecified atom stereocenters. The molecule has 17 heavy (non-hydrogen) atoms. The number of carbonyl (C=O) groups excluding carboxylic acids is 1. The second-order valence-electron chi connectivity index (χ2n) is 3.99. The molecule has 0 bridgehead atoms. The predicted octanol–water partition coefficient (Wildman–Crippen LogP) is 2.25. The summed E-state index contributed by atoms with van der Waals surface area (Å²) < 4.78 is 0. The zero-order valence-electron chi connectivity index (χ0n) is 9.27. The molecule has 88 valence electrons. The Kier molecular flexibility index (Phi) is 3.60. The summed E-state index contributed by atoms with van der Waals surface area (Å²) in [6, 6.07) is 3.96. The molecular weight excluding hydrogens is 238 g/mol. The number of rotatable bonds is 4. The third kappa shape index (κ3) is 2.75. The van der Waals surface area contributed by atoms with Crippen LogP contribution in [0.15, 0.2) is 18.5 Å². The Hall–Kier alpha value is -1.60. The van der Waals surface area contributed by atoms with Gasteiger partial charge in [0.15, 0.2) is 0 Å². The predicted molar refractivity (Wildman–Crippen MR) is 63.5 cm³/mol. The molecule has 1 aromatic rings. The van der Waals surface area contributed by atoms with E-state index in [-0.39, 0.29) is 11.9 Å². The van der Waals surface area contributed by atoms with Crippen LogP contribution < -0.4 is 0 Å². The molecule has 1 aromatic heterocycles. The third-order valence-electron chi connectivity index (χ3n) is 2.72. The van der Waals surface area contributed by atoms with Crippen molar-refractivity contribution in [1.82, 2.24) is 9.88 Å². The Morgan fingerprint density at radius 1 is 1.65 bits per heavy atom. The maximum atomic E-state index is 12.3. The largest absolute Gasteiger partial charge is 0.335 e. The molecule has 0 saturated heterocycles. The van der Waals surface area contributed by atoms with Crippen molar-refractivity contribution in [3.8, 4) is 6.07 Å². The van der Waals surface area contributed by atoms with Gasteiger partial charge in [-0.3, -0.25) is 9.78 Å². The van der Waals surface area contributed by atoms with Crippen LogP contribution >= 0.6 is 11.6 Å². The smallest absolute Gasteiger partial charge is 0.255 e. The molecule has 0 radical (unpaired) electrons. The molecular formula is C12H12ClN3O. The van der Waals surface area contributed by atoms with Gasteiger partial charge in [-0.1, -0.05) is 11.6 Å². The highest BCUT2D eigenvalue weighted by Crippen LogP contribution is 2.29. The number of hydrogen-bond donors (Lipinski definition) is 0. The lowest BCUT2D eigenvalue weighted by Crippen LogP contribution is -2.34. The summed E-state index contributed by atoms with van der Waals surface area (Å²) in [5.41, 5.74) is 0.464. The molecule has 0 N–H and O–H groups in total. The van der Waals surface area contributed by atoms with Crippen LogP contribution in [0.4, 0.5) is 0 Å². The average molecular weight is 250 g/mol. The van der Waals surface area contributed by atoms with E-state index in [0.717, 1.165) is 12.8 Å². The van der Waals surface area contributed by atoms with E-state index >= 15 is 0 Å². The van der Waals surface area contributed by atoms with Gasteiger partial charge in [-0.25, -0.2) is 0 Å². The molecule has 0 spiro atoms. The monoisotopic (exact) mass is 249 g/mol. The maximum absolute atomic E-state index is 12.3. The molecule has 4 nitrogen and oxygen atoms in total. The van der Waals surface area contributed by atoms with Crippen LogP contribution in [0.3, 0.4) is 0 Å². The van der Waals surface area contributed by atoms with Crippen molar-refractivity contribution in [1.29, 1.82) is 5.26 Å². The summed E-state index contributed by atoms with van der Waals surface area (Å²) >= 11 is 5.95. The van der Waals surface area contributed by atoms with Crippen LogP contribution in [0.2, 0.25) is 5.02 Å². The molecule has 1 amide bonds. The van der Waals surface area contributed by atoms with Gasteiger partial charge in [0.1, 0.15) is 0 Å². The number of halogens is 1. The van der Waals surface area contributed by atoms with Crippen LogP contribution in [0.25, 0.3) is 0 Å². The normalized spacial score (nSPS) is 14.1. The molecule has 2 rings (SSSR count). The van der Waals surface area contributed by atoms with Crippen molar-refractivity contribution < 1.29 is 4.79 Å². The van der Waals surface area contributed by atoms with E-state index in [4.69, 9.17) is 16.9 Å². The fraction of sp³-hybridized carbons (Fsp3) is 0.417. The van der Waals surface area contributed by atoms with E-state index in [1.165, 1.54) is 6.20 Å². The van der Waals surface area contributed by atoms with Gasteiger partial charge in [0.25, 0.3) is 5.91 Å². The lowest BCUT2D eigenvalue weighted by molar-refractivity contribution is 0.0747. The maximum Gasteiger partial charge on any atom is 0.255 e. The van der Waals surface area contributed by atoms with Crippen LogP contribution in [0, 0.1) is 11.3 Å². The number of carbonyl (C=O) groups is 1. The molecule has 1 fully saturated rings. The van der Waals surface area contributed by atoms with E-state index in [1.807, 2.05) is 0 Å². The summed E-state index contributed by atoms with van der Waals surface area (Å²) in [6.07, 6.45) is 5.39. The fourth-order valence-corrected chi connectivity index (χ4v) is 1.91. The van der Waals surface area contributed by atoms with Gasteiger partial charge in [0.05, 0.1) is 23.1 Å². The van der Waals surface area contributed by atoms with Gasteiger partial charge >= 0.3 is 0 Å². The van der Waals surface area contributed by atoms with Gasteiger partial charge in [-0.2, -0.15) is 5.26 Å². The van der Waals surface area contributed by atoms with Crippen LogP contribution in [-0.2, 0) is 0 Å². The Morgan fingerprint density at radius 3 is 3.00 bits per heavy atom. The third-order valence-corrected chi connectivity index (χ3v) is 3.02. The second-order valence-corrected chi connectivity index (χ2v) is 4.40. The number of nitrogens with zero attached hydrogens (tertiary/aromatic N) is 3. The van der Waals surface area contributed by atoms with Gasteiger partial charge < -0.3 is 4.90 Å². The van der Waals surface area contributed by atoms with Crippen LogP contribution in [-0.4, -0.2) is 28.4 Å². The van der Waals surface area contributed by atoms with Crippen molar-refractivity contribution in [2.24, 2.45) is 0 Å². The van der Waals surface area contributed by atoms with Crippen molar-refractivity contribution in [2.75, 3.05) is 6.54 Å². The SMILES string of the molecule is N#CCCN(C(=O)c1ccncc1Cl)C1CC1. The van der Waals surface area contributed by atoms with E-state index in [0.29, 0.717) is 23.6 Å². The Morgan fingerprint density at radius 2 is 2.41 bits per heavy atom. The first kappa shape index (κ1) is 11.9. The van der Waals surface area contributed by atoms with E-state index in [1.54, 1.807) is 17.2 Å². The Bertz CT molecular complexity index is 465. The standard InChI is InChI=1S/C12H12ClN3O/c13-11-8-15-6-4-10(11)12(17)16(7-1-5-14)9-2-3-9/h4,6,8-9H,1-3,7H2. The Labute approximate surface area is 105 Å². The number of hydrogen-bond acceptors (Lipinski definition) is 3. The summed E-state index contributed by atoms with van der Waals surface area (Å²) in [6.45, 7) is 0.471. The van der Waals surface area contributed by atoms with E-state index in [9.17, 15) is 4.79 Å². The minimum absolute atomic E-state index is 0.102. The van der Waals surface area contributed by atoms with Gasteiger partial charge in [-0.05, 0) is 18.9 Å². The molecule has 5 heteroatoms. The fourth-order valence-electron chi connectivity index (χ4n) is 1.71. The summed E-state index contributed by atoms with van der Waals surface area (Å²) in [4.78, 5) is 17.9. The van der Waals surface area contributed by atoms with Gasteiger partial charge in [0, 0.05) is 25.0 Å². The summed E-state index contributed by atoms with van der Waals surface area (Å²) in [7, 11) is 0. The number of amides is 1. The molecule has 0 aromatic carbocycles. The first-order valence-corrected chi connectivity index (χ1v) is 5.89. The highest BCUT2D eigenvalue weighted by Gasteiger charge is 2.33. The van der Waals surface area contributed by atoms with E-state index in [2.05, 4.69) is 11.1 Å². The van der Waals surface area contributed by atoms with Crippen LogP contribution in [0.1, 0.15) is 29.6 Å². The highest BCUT2D eigenvalue weighted by molar-refractivity contribution is 6.33. The molecule has 1 saturated carbocycles. The summed E-state index contributed by atoms with van der Waals surface area (Å²) in [5.74, 6) is -0.102. The average Bonchev–Trinajstić information content (AvgIpc) is 3.14. The first-order valence-electron chi connectivity index (χ1n) is 5.51. The molecule has 1 heterocycles. The number of pyridine rings is 1. The van der Waals surface area contributed by atoms with Crippen molar-refractivity contribution in [3.05, 3.63) is 29.0 Å². The zero-order chi connectivity index (χ0) is 12.3. The highest BCUT2D eigenvalue weighted by atomic mass is 35.5. The van der Waals surface area contributed by atoms with Gasteiger partial charge in [-0.15, -0.1) is 0 Å². The lowest BCUT2D eigenvalue weighted by atomic mass is 10.2. The molecule has 1 aliphatic rings. The minimum atomic E-state index is -0.102. The molecule has 0 aliphatic heterocycles. The summed E-state index contributed by atoms with van der Waals surface area (Å²) in [5, 5.41) is 8.96. The molecule has 0 atom stereocenters.